The third-order valence-electron chi connectivity index (χ3n) is 2.00. The first-order valence-electron chi connectivity index (χ1n) is 4.81. The number of phosphoric acid groups is 1. The normalized spacial score (nSPS) is 24.3. The van der Waals surface area contributed by atoms with Crippen molar-refractivity contribution in [3.05, 3.63) is 0 Å². The Morgan fingerprint density at radius 1 is 1.44 bits per heavy atom. The number of phosphoric ester groups is 1. The molecule has 0 amide bonds. The second-order valence-corrected chi connectivity index (χ2v) is 5.75. The lowest BCUT2D eigenvalue weighted by molar-refractivity contribution is -0.259. The van der Waals surface area contributed by atoms with E-state index in [1.165, 1.54) is 0 Å². The van der Waals surface area contributed by atoms with Crippen LogP contribution in [0.5, 0.6) is 0 Å². The molecule has 3 N–H and O–H groups in total. The molecule has 7 nitrogen and oxygen atoms in total. The van der Waals surface area contributed by atoms with Gasteiger partial charge in [-0.25, -0.2) is 4.57 Å². The van der Waals surface area contributed by atoms with Gasteiger partial charge in [0, 0.05) is 5.41 Å². The minimum atomic E-state index is -4.57. The molecule has 0 unspecified atom stereocenters. The topological polar surface area (TPSA) is 105 Å². The van der Waals surface area contributed by atoms with E-state index in [-0.39, 0.29) is 5.41 Å². The number of rotatable bonds is 4. The molecular formula is C8H17O7P. The van der Waals surface area contributed by atoms with Gasteiger partial charge in [0.05, 0.1) is 19.8 Å². The first-order chi connectivity index (χ1) is 7.20. The average molecular weight is 256 g/mol. The Hall–Kier alpha value is -0.0100. The van der Waals surface area contributed by atoms with Gasteiger partial charge in [0.15, 0.2) is 6.29 Å². The van der Waals surface area contributed by atoms with Crippen LogP contribution in [0.15, 0.2) is 0 Å². The molecule has 1 rings (SSSR count). The van der Waals surface area contributed by atoms with Crippen LogP contribution in [-0.4, -0.2) is 47.1 Å². The van der Waals surface area contributed by atoms with Gasteiger partial charge in [0.1, 0.15) is 6.10 Å². The summed E-state index contributed by atoms with van der Waals surface area (Å²) in [6, 6.07) is 0. The third-order valence-corrected chi connectivity index (χ3v) is 2.49. The highest BCUT2D eigenvalue weighted by atomic mass is 31.2. The van der Waals surface area contributed by atoms with Crippen molar-refractivity contribution in [1.82, 2.24) is 0 Å². The van der Waals surface area contributed by atoms with Crippen molar-refractivity contribution >= 4 is 7.82 Å². The smallest absolute Gasteiger partial charge is 0.385 e. The van der Waals surface area contributed by atoms with Crippen LogP contribution in [0.25, 0.3) is 0 Å². The summed E-state index contributed by atoms with van der Waals surface area (Å²) in [7, 11) is -4.57. The summed E-state index contributed by atoms with van der Waals surface area (Å²) < 4.78 is 25.0. The molecule has 1 heterocycles. The molecule has 1 aliphatic rings. The Morgan fingerprint density at radius 2 is 1.94 bits per heavy atom. The summed E-state index contributed by atoms with van der Waals surface area (Å²) in [6.45, 7) is 4.17. The van der Waals surface area contributed by atoms with Gasteiger partial charge in [-0.2, -0.15) is 0 Å². The number of aliphatic hydroxyl groups is 1. The fraction of sp³-hybridized carbons (Fsp3) is 1.00. The fourth-order valence-corrected chi connectivity index (χ4v) is 1.53. The summed E-state index contributed by atoms with van der Waals surface area (Å²) in [5.41, 5.74) is -0.125. The highest BCUT2D eigenvalue weighted by Crippen LogP contribution is 2.36. The van der Waals surface area contributed by atoms with Crippen molar-refractivity contribution in [3.8, 4) is 0 Å². The van der Waals surface area contributed by atoms with Crippen molar-refractivity contribution in [2.75, 3.05) is 19.8 Å². The van der Waals surface area contributed by atoms with Crippen molar-refractivity contribution in [2.24, 2.45) is 5.41 Å². The summed E-state index contributed by atoms with van der Waals surface area (Å²) in [5, 5.41) is 9.49. The molecule has 0 aromatic heterocycles. The van der Waals surface area contributed by atoms with E-state index in [4.69, 9.17) is 19.3 Å². The molecular weight excluding hydrogens is 239 g/mol. The lowest BCUT2D eigenvalue weighted by Gasteiger charge is -2.36. The molecule has 8 heteroatoms. The lowest BCUT2D eigenvalue weighted by atomic mass is 9.95. The van der Waals surface area contributed by atoms with Gasteiger partial charge < -0.3 is 24.4 Å². The first-order valence-corrected chi connectivity index (χ1v) is 6.34. The number of hydrogen-bond acceptors (Lipinski definition) is 5. The van der Waals surface area contributed by atoms with Gasteiger partial charge >= 0.3 is 7.82 Å². The first kappa shape index (κ1) is 14.1. The molecule has 0 aliphatic carbocycles. The van der Waals surface area contributed by atoms with Crippen LogP contribution >= 0.6 is 7.82 Å². The number of ether oxygens (including phenoxy) is 2. The van der Waals surface area contributed by atoms with Crippen LogP contribution in [0.4, 0.5) is 0 Å². The van der Waals surface area contributed by atoms with Crippen LogP contribution in [0.3, 0.4) is 0 Å². The molecule has 0 bridgehead atoms. The molecule has 1 aliphatic heterocycles. The van der Waals surface area contributed by atoms with Crippen molar-refractivity contribution < 1.29 is 33.5 Å². The van der Waals surface area contributed by atoms with Gasteiger partial charge in [-0.3, -0.25) is 4.52 Å². The van der Waals surface area contributed by atoms with Gasteiger partial charge in [-0.15, -0.1) is 0 Å². The zero-order chi connectivity index (χ0) is 12.4. The van der Waals surface area contributed by atoms with E-state index in [1.807, 2.05) is 13.8 Å². The maximum absolute atomic E-state index is 10.4. The Labute approximate surface area is 93.6 Å². The van der Waals surface area contributed by atoms with Crippen molar-refractivity contribution in [1.29, 1.82) is 0 Å². The molecule has 0 spiro atoms. The third kappa shape index (κ3) is 4.88. The minimum absolute atomic E-state index is 0.125. The van der Waals surface area contributed by atoms with Crippen molar-refractivity contribution in [3.63, 3.8) is 0 Å². The molecule has 16 heavy (non-hydrogen) atoms. The second-order valence-electron chi connectivity index (χ2n) is 4.51. The second kappa shape index (κ2) is 5.10. The van der Waals surface area contributed by atoms with Gasteiger partial charge in [0.25, 0.3) is 0 Å². The maximum atomic E-state index is 10.4. The standard InChI is InChI=1S/C8H17O7P/c1-8(2)4-13-7(14-5-8)6(9)3-15-16(10,11)12/h6-7,9H,3-5H2,1-2H3,(H2,10,11,12)/t6-/m1/s1. The molecule has 1 saturated heterocycles. The van der Waals surface area contributed by atoms with E-state index in [0.29, 0.717) is 13.2 Å². The number of aliphatic hydroxyl groups excluding tert-OH is 1. The zero-order valence-electron chi connectivity index (χ0n) is 9.20. The average Bonchev–Trinajstić information content (AvgIpc) is 2.13. The van der Waals surface area contributed by atoms with Crippen molar-refractivity contribution in [2.45, 2.75) is 26.2 Å². The molecule has 0 radical (unpaired) electrons. The van der Waals surface area contributed by atoms with E-state index in [0.717, 1.165) is 0 Å². The Balaban J connectivity index is 2.33. The summed E-state index contributed by atoms with van der Waals surface area (Å²) in [6.07, 6.45) is -2.12. The number of hydrogen-bond donors (Lipinski definition) is 3. The highest BCUT2D eigenvalue weighted by molar-refractivity contribution is 7.46. The highest BCUT2D eigenvalue weighted by Gasteiger charge is 2.33. The van der Waals surface area contributed by atoms with E-state index in [1.54, 1.807) is 0 Å². The fourth-order valence-electron chi connectivity index (χ4n) is 1.18. The molecule has 0 aromatic rings. The van der Waals surface area contributed by atoms with Crippen LogP contribution in [0, 0.1) is 5.41 Å². The quantitative estimate of drug-likeness (QED) is 0.601. The minimum Gasteiger partial charge on any atom is -0.385 e. The van der Waals surface area contributed by atoms with Crippen LogP contribution in [-0.2, 0) is 18.6 Å². The zero-order valence-corrected chi connectivity index (χ0v) is 10.1. The summed E-state index contributed by atoms with van der Waals surface area (Å²) in [4.78, 5) is 16.9. The van der Waals surface area contributed by atoms with E-state index < -0.39 is 26.8 Å². The van der Waals surface area contributed by atoms with E-state index in [2.05, 4.69) is 4.52 Å². The predicted molar refractivity (Wildman–Crippen MR) is 53.5 cm³/mol. The van der Waals surface area contributed by atoms with Gasteiger partial charge in [-0.1, -0.05) is 13.8 Å². The Kier molecular flexibility index (Phi) is 4.48. The predicted octanol–water partition coefficient (Wildman–Crippen LogP) is -0.144. The monoisotopic (exact) mass is 256 g/mol. The van der Waals surface area contributed by atoms with Crippen LogP contribution in [0.1, 0.15) is 13.8 Å². The van der Waals surface area contributed by atoms with E-state index in [9.17, 15) is 9.67 Å². The lowest BCUT2D eigenvalue weighted by Crippen LogP contribution is -2.44. The van der Waals surface area contributed by atoms with E-state index >= 15 is 0 Å². The summed E-state index contributed by atoms with van der Waals surface area (Å²) >= 11 is 0. The molecule has 0 saturated carbocycles. The largest absolute Gasteiger partial charge is 0.469 e. The van der Waals surface area contributed by atoms with Gasteiger partial charge in [0.2, 0.25) is 0 Å². The Bertz CT molecular complexity index is 264. The SMILES string of the molecule is CC1(C)COC([C@H](O)COP(=O)(O)O)OC1. The Morgan fingerprint density at radius 3 is 2.38 bits per heavy atom. The summed E-state index contributed by atoms with van der Waals surface area (Å²) in [5.74, 6) is 0. The molecule has 1 atom stereocenters. The maximum Gasteiger partial charge on any atom is 0.469 e. The van der Waals surface area contributed by atoms with Gasteiger partial charge in [-0.05, 0) is 0 Å². The molecule has 0 aromatic carbocycles. The van der Waals surface area contributed by atoms with Crippen LogP contribution < -0.4 is 0 Å². The molecule has 1 fully saturated rings. The van der Waals surface area contributed by atoms with Crippen LogP contribution in [0.2, 0.25) is 0 Å². The molecule has 96 valence electrons.